The van der Waals surface area contributed by atoms with Gasteiger partial charge in [-0.1, -0.05) is 64.7 Å². The Morgan fingerprint density at radius 1 is 0.833 bits per heavy atom. The van der Waals surface area contributed by atoms with E-state index in [4.69, 9.17) is 0 Å². The maximum atomic E-state index is 4.42. The fourth-order valence-electron chi connectivity index (χ4n) is 2.28. The highest BCUT2D eigenvalue weighted by Gasteiger charge is 2.06. The third kappa shape index (κ3) is 7.55. The smallest absolute Gasteiger partial charge is 0.0699 e. The number of rotatable bonds is 11. The number of unbranched alkanes of at least 4 members (excludes halogenated alkanes) is 9. The van der Waals surface area contributed by atoms with E-state index >= 15 is 0 Å². The Morgan fingerprint density at radius 2 is 1.39 bits per heavy atom. The molecule has 0 aliphatic carbocycles. The van der Waals surface area contributed by atoms with Crippen molar-refractivity contribution >= 4 is 15.9 Å². The molecule has 1 radical (unpaired) electrons. The summed E-state index contributed by atoms with van der Waals surface area (Å²) < 4.78 is 0. The number of nitrogens with zero attached hydrogens (tertiary/aromatic N) is 1. The molecule has 1 heterocycles. The third-order valence-corrected chi connectivity index (χ3v) is 6.07. The SMILES string of the molecule is CCCCCCCCCCCCC1=C(C)[N]P=P1. The number of allylic oxidation sites excluding steroid dienone is 2. The molecule has 0 saturated carbocycles. The van der Waals surface area contributed by atoms with Crippen LogP contribution in [0.25, 0.3) is 0 Å². The lowest BCUT2D eigenvalue weighted by Crippen LogP contribution is -1.86. The Balaban J connectivity index is 1.82. The van der Waals surface area contributed by atoms with Gasteiger partial charge in [-0.25, -0.2) is 5.09 Å². The van der Waals surface area contributed by atoms with Crippen LogP contribution in [0.5, 0.6) is 0 Å². The van der Waals surface area contributed by atoms with Gasteiger partial charge in [0.1, 0.15) is 0 Å². The maximum absolute atomic E-state index is 4.42. The molecule has 3 heteroatoms. The van der Waals surface area contributed by atoms with Crippen LogP contribution in [-0.2, 0) is 0 Å². The largest absolute Gasteiger partial charge is 0.227 e. The monoisotopic (exact) mass is 284 g/mol. The molecule has 0 spiro atoms. The van der Waals surface area contributed by atoms with Crippen molar-refractivity contribution in [3.8, 4) is 0 Å². The van der Waals surface area contributed by atoms with Crippen molar-refractivity contribution in [1.29, 1.82) is 0 Å². The van der Waals surface area contributed by atoms with Gasteiger partial charge in [0.05, 0.1) is 13.7 Å². The summed E-state index contributed by atoms with van der Waals surface area (Å²) in [6, 6.07) is 0. The summed E-state index contributed by atoms with van der Waals surface area (Å²) in [5.74, 6) is 0. The molecule has 0 N–H and O–H groups in total. The molecule has 0 bridgehead atoms. The van der Waals surface area contributed by atoms with Crippen LogP contribution in [0.3, 0.4) is 0 Å². The van der Waals surface area contributed by atoms with Crippen LogP contribution in [0.1, 0.15) is 84.5 Å². The quantitative estimate of drug-likeness (QED) is 0.290. The van der Waals surface area contributed by atoms with Crippen molar-refractivity contribution in [2.45, 2.75) is 84.5 Å². The van der Waals surface area contributed by atoms with Gasteiger partial charge in [-0.05, 0) is 27.6 Å². The Labute approximate surface area is 117 Å². The summed E-state index contributed by atoms with van der Waals surface area (Å²) in [7, 11) is 2.70. The van der Waals surface area contributed by atoms with Crippen LogP contribution in [0.4, 0.5) is 0 Å². The van der Waals surface area contributed by atoms with E-state index in [1.807, 2.05) is 0 Å². The summed E-state index contributed by atoms with van der Waals surface area (Å²) >= 11 is 0. The Bertz CT molecular complexity index is 272. The predicted molar refractivity (Wildman–Crippen MR) is 85.1 cm³/mol. The summed E-state index contributed by atoms with van der Waals surface area (Å²) in [5.41, 5.74) is 1.31. The molecule has 103 valence electrons. The van der Waals surface area contributed by atoms with Crippen molar-refractivity contribution in [2.24, 2.45) is 0 Å². The second-order valence-corrected chi connectivity index (χ2v) is 7.51. The van der Waals surface area contributed by atoms with Gasteiger partial charge in [-0.3, -0.25) is 0 Å². The van der Waals surface area contributed by atoms with Gasteiger partial charge >= 0.3 is 0 Å². The molecule has 0 saturated heterocycles. The molecule has 0 fully saturated rings. The molecule has 1 aliphatic heterocycles. The van der Waals surface area contributed by atoms with Crippen LogP contribution < -0.4 is 5.09 Å². The van der Waals surface area contributed by atoms with Crippen molar-refractivity contribution in [3.05, 3.63) is 11.0 Å². The minimum absolute atomic E-state index is 1.25. The minimum Gasteiger partial charge on any atom is -0.227 e. The van der Waals surface area contributed by atoms with Crippen LogP contribution in [0, 0.1) is 0 Å². The van der Waals surface area contributed by atoms with Crippen molar-refractivity contribution in [2.75, 3.05) is 0 Å². The number of hydrogen-bond acceptors (Lipinski definition) is 0. The lowest BCUT2D eigenvalue weighted by atomic mass is 10.1. The minimum atomic E-state index is 1.25. The predicted octanol–water partition coefficient (Wildman–Crippen LogP) is 6.87. The van der Waals surface area contributed by atoms with E-state index in [0.29, 0.717) is 0 Å². The lowest BCUT2D eigenvalue weighted by molar-refractivity contribution is 0.557. The van der Waals surface area contributed by atoms with Crippen molar-refractivity contribution in [3.63, 3.8) is 0 Å². The maximum Gasteiger partial charge on any atom is 0.0699 e. The number of hydrogen-bond donors (Lipinski definition) is 0. The van der Waals surface area contributed by atoms with E-state index in [2.05, 4.69) is 18.9 Å². The molecule has 1 aliphatic rings. The van der Waals surface area contributed by atoms with Gasteiger partial charge in [0.2, 0.25) is 0 Å². The molecule has 0 unspecified atom stereocenters. The normalized spacial score (nSPS) is 16.1. The van der Waals surface area contributed by atoms with Crippen LogP contribution in [0.15, 0.2) is 11.0 Å². The highest BCUT2D eigenvalue weighted by atomic mass is 31.7. The average molecular weight is 284 g/mol. The van der Waals surface area contributed by atoms with E-state index in [1.54, 1.807) is 5.31 Å². The zero-order valence-electron chi connectivity index (χ0n) is 12.1. The molecule has 1 rings (SSSR count). The summed E-state index contributed by atoms with van der Waals surface area (Å²) in [4.78, 5) is 0. The van der Waals surface area contributed by atoms with Gasteiger partial charge in [0.25, 0.3) is 0 Å². The molecule has 0 aromatic heterocycles. The summed E-state index contributed by atoms with van der Waals surface area (Å²) in [5, 5.41) is 6.01. The van der Waals surface area contributed by atoms with Gasteiger partial charge in [0.15, 0.2) is 0 Å². The van der Waals surface area contributed by atoms with Gasteiger partial charge < -0.3 is 0 Å². The second-order valence-electron chi connectivity index (χ2n) is 5.25. The molecule has 18 heavy (non-hydrogen) atoms. The Morgan fingerprint density at radius 3 is 1.89 bits per heavy atom. The summed E-state index contributed by atoms with van der Waals surface area (Å²) in [6.45, 7) is 4.45. The van der Waals surface area contributed by atoms with E-state index in [-0.39, 0.29) is 0 Å². The molecule has 0 atom stereocenters. The third-order valence-electron chi connectivity index (χ3n) is 3.54. The fourth-order valence-corrected chi connectivity index (χ4v) is 4.82. The second kappa shape index (κ2) is 11.0. The fraction of sp³-hybridized carbons (Fsp3) is 0.867. The zero-order chi connectivity index (χ0) is 13.1. The van der Waals surface area contributed by atoms with Crippen molar-refractivity contribution in [1.82, 2.24) is 5.09 Å². The first-order chi connectivity index (χ1) is 8.84. The van der Waals surface area contributed by atoms with Gasteiger partial charge in [0, 0.05) is 5.31 Å². The molecule has 0 aromatic carbocycles. The lowest BCUT2D eigenvalue weighted by Gasteiger charge is -2.03. The highest BCUT2D eigenvalue weighted by Crippen LogP contribution is 2.37. The first kappa shape index (κ1) is 16.2. The van der Waals surface area contributed by atoms with Crippen LogP contribution in [-0.4, -0.2) is 0 Å². The highest BCUT2D eigenvalue weighted by molar-refractivity contribution is 7.85. The topological polar surface area (TPSA) is 14.1 Å². The van der Waals surface area contributed by atoms with Gasteiger partial charge in [-0.2, -0.15) is 0 Å². The summed E-state index contributed by atoms with van der Waals surface area (Å²) in [6.07, 6.45) is 15.6. The Hall–Kier alpha value is 0.140. The molecule has 0 amide bonds. The molecule has 0 aromatic rings. The molecular formula is C15H28NP2. The molecule has 1 nitrogen and oxygen atoms in total. The van der Waals surface area contributed by atoms with E-state index < -0.39 is 0 Å². The van der Waals surface area contributed by atoms with E-state index in [0.717, 1.165) is 0 Å². The van der Waals surface area contributed by atoms with Crippen LogP contribution >= 0.6 is 15.9 Å². The standard InChI is InChI=1S/C15H28NP2/c1-3-4-5-6-7-8-9-10-11-12-13-15-14(2)16-18-17-15/h3-13H2,1-2H3. The van der Waals surface area contributed by atoms with Crippen LogP contribution in [0.2, 0.25) is 0 Å². The van der Waals surface area contributed by atoms with E-state index in [1.165, 1.54) is 92.2 Å². The first-order valence-electron chi connectivity index (χ1n) is 7.66. The van der Waals surface area contributed by atoms with Gasteiger partial charge in [-0.15, -0.1) is 0 Å². The Kier molecular flexibility index (Phi) is 9.90. The average Bonchev–Trinajstić information content (AvgIpc) is 2.77. The van der Waals surface area contributed by atoms with Crippen molar-refractivity contribution < 1.29 is 0 Å². The first-order valence-corrected chi connectivity index (χ1v) is 10.1. The molecular weight excluding hydrogens is 256 g/mol. The van der Waals surface area contributed by atoms with E-state index in [9.17, 15) is 0 Å². The zero-order valence-corrected chi connectivity index (χ0v) is 13.9.